The minimum Gasteiger partial charge on any atom is -0.480 e. The second kappa shape index (κ2) is 8.17. The van der Waals surface area contributed by atoms with Crippen LogP contribution in [0.3, 0.4) is 0 Å². The topological polar surface area (TPSA) is 95.5 Å². The number of carboxylic acids is 1. The lowest BCUT2D eigenvalue weighted by Gasteiger charge is -2.17. The second-order valence-corrected chi connectivity index (χ2v) is 5.60. The van der Waals surface area contributed by atoms with E-state index in [1.807, 2.05) is 13.8 Å². The number of amides is 2. The Morgan fingerprint density at radius 3 is 2.36 bits per heavy atom. The molecule has 120 valence electrons. The number of para-hydroxylation sites is 1. The van der Waals surface area contributed by atoms with E-state index in [1.54, 1.807) is 24.3 Å². The van der Waals surface area contributed by atoms with E-state index >= 15 is 0 Å². The monoisotopic (exact) mass is 306 g/mol. The first-order valence-electron chi connectivity index (χ1n) is 7.17. The molecule has 2 amide bonds. The van der Waals surface area contributed by atoms with E-state index in [1.165, 1.54) is 6.92 Å². The van der Waals surface area contributed by atoms with Crippen molar-refractivity contribution in [1.82, 2.24) is 5.32 Å². The Bertz CT molecular complexity index is 555. The van der Waals surface area contributed by atoms with Gasteiger partial charge in [-0.05, 0) is 24.0 Å². The summed E-state index contributed by atoms with van der Waals surface area (Å²) in [5.41, 5.74) is 1.20. The Morgan fingerprint density at radius 1 is 1.18 bits per heavy atom. The molecule has 1 atom stereocenters. The predicted molar refractivity (Wildman–Crippen MR) is 83.5 cm³/mol. The third-order valence-corrected chi connectivity index (χ3v) is 3.02. The minimum absolute atomic E-state index is 0.0122. The van der Waals surface area contributed by atoms with Crippen LogP contribution in [-0.2, 0) is 20.8 Å². The lowest BCUT2D eigenvalue weighted by Crippen LogP contribution is -2.42. The summed E-state index contributed by atoms with van der Waals surface area (Å²) in [6.07, 6.45) is 0.382. The molecule has 0 aliphatic heterocycles. The molecular formula is C16H22N2O4. The normalized spacial score (nSPS) is 11.8. The summed E-state index contributed by atoms with van der Waals surface area (Å²) in [5.74, 6) is -1.49. The first-order valence-corrected chi connectivity index (χ1v) is 7.17. The molecule has 1 aromatic rings. The molecule has 0 aromatic heterocycles. The number of carbonyl (C=O) groups excluding carboxylic acids is 2. The number of anilines is 1. The third-order valence-electron chi connectivity index (χ3n) is 3.02. The van der Waals surface area contributed by atoms with E-state index in [2.05, 4.69) is 10.6 Å². The van der Waals surface area contributed by atoms with Crippen molar-refractivity contribution >= 4 is 23.5 Å². The number of nitrogens with one attached hydrogen (secondary N) is 2. The van der Waals surface area contributed by atoms with Gasteiger partial charge in [-0.2, -0.15) is 0 Å². The van der Waals surface area contributed by atoms with Crippen molar-refractivity contribution in [3.05, 3.63) is 29.8 Å². The van der Waals surface area contributed by atoms with Gasteiger partial charge in [0, 0.05) is 12.6 Å². The molecule has 3 N–H and O–H groups in total. The summed E-state index contributed by atoms with van der Waals surface area (Å²) in [6.45, 7) is 5.18. The van der Waals surface area contributed by atoms with Gasteiger partial charge in [0.1, 0.15) is 6.04 Å². The molecule has 0 heterocycles. The summed E-state index contributed by atoms with van der Waals surface area (Å²) >= 11 is 0. The summed E-state index contributed by atoms with van der Waals surface area (Å²) < 4.78 is 0. The highest BCUT2D eigenvalue weighted by atomic mass is 16.4. The molecule has 0 saturated carbocycles. The van der Waals surface area contributed by atoms with Gasteiger partial charge in [0.2, 0.25) is 11.8 Å². The molecule has 1 aromatic carbocycles. The summed E-state index contributed by atoms with van der Waals surface area (Å²) in [7, 11) is 0. The van der Waals surface area contributed by atoms with Gasteiger partial charge in [-0.3, -0.25) is 9.59 Å². The molecule has 0 aliphatic carbocycles. The van der Waals surface area contributed by atoms with Crippen LogP contribution in [0.1, 0.15) is 32.8 Å². The summed E-state index contributed by atoms with van der Waals surface area (Å²) in [5, 5.41) is 14.3. The number of carbonyl (C=O) groups is 3. The van der Waals surface area contributed by atoms with Crippen LogP contribution < -0.4 is 10.6 Å². The molecule has 6 heteroatoms. The van der Waals surface area contributed by atoms with Gasteiger partial charge in [-0.1, -0.05) is 32.0 Å². The number of rotatable bonds is 7. The molecule has 0 aliphatic rings. The highest BCUT2D eigenvalue weighted by molar-refractivity contribution is 5.91. The standard InChI is InChI=1S/C16H22N2O4/c1-10(2)8-14(16(21)22)18-15(20)9-12-6-4-5-7-13(12)17-11(3)19/h4-7,10,14H,8-9H2,1-3H3,(H,17,19)(H,18,20)(H,21,22)/t14-/m0/s1. The van der Waals surface area contributed by atoms with Crippen molar-refractivity contribution in [2.75, 3.05) is 5.32 Å². The summed E-state index contributed by atoms with van der Waals surface area (Å²) in [6, 6.07) is 6.04. The molecule has 1 rings (SSSR count). The number of hydrogen-bond donors (Lipinski definition) is 3. The Labute approximate surface area is 129 Å². The Morgan fingerprint density at radius 2 is 1.82 bits per heavy atom. The van der Waals surface area contributed by atoms with Gasteiger partial charge in [-0.15, -0.1) is 0 Å². The number of aliphatic carboxylic acids is 1. The van der Waals surface area contributed by atoms with Crippen molar-refractivity contribution in [3.8, 4) is 0 Å². The van der Waals surface area contributed by atoms with E-state index in [0.717, 1.165) is 0 Å². The van der Waals surface area contributed by atoms with Crippen molar-refractivity contribution in [3.63, 3.8) is 0 Å². The van der Waals surface area contributed by atoms with E-state index in [0.29, 0.717) is 17.7 Å². The van der Waals surface area contributed by atoms with Crippen LogP contribution in [0.5, 0.6) is 0 Å². The SMILES string of the molecule is CC(=O)Nc1ccccc1CC(=O)N[C@@H](CC(C)C)C(=O)O. The van der Waals surface area contributed by atoms with Gasteiger partial charge in [0.25, 0.3) is 0 Å². The van der Waals surface area contributed by atoms with Crippen LogP contribution in [0, 0.1) is 5.92 Å². The van der Waals surface area contributed by atoms with Gasteiger partial charge in [-0.25, -0.2) is 4.79 Å². The zero-order valence-electron chi connectivity index (χ0n) is 13.1. The van der Waals surface area contributed by atoms with Crippen molar-refractivity contribution in [1.29, 1.82) is 0 Å². The number of carboxylic acid groups (broad SMARTS) is 1. The zero-order valence-corrected chi connectivity index (χ0v) is 13.1. The molecule has 0 radical (unpaired) electrons. The van der Waals surface area contributed by atoms with Crippen LogP contribution in [0.2, 0.25) is 0 Å². The Kier molecular flexibility index (Phi) is 6.56. The fourth-order valence-electron chi connectivity index (χ4n) is 2.10. The molecule has 22 heavy (non-hydrogen) atoms. The molecular weight excluding hydrogens is 284 g/mol. The molecule has 0 fully saturated rings. The smallest absolute Gasteiger partial charge is 0.326 e. The predicted octanol–water partition coefficient (Wildman–Crippen LogP) is 1.80. The minimum atomic E-state index is -1.04. The second-order valence-electron chi connectivity index (χ2n) is 5.60. The highest BCUT2D eigenvalue weighted by Gasteiger charge is 2.21. The molecule has 0 spiro atoms. The maximum atomic E-state index is 12.1. The largest absolute Gasteiger partial charge is 0.480 e. The fraction of sp³-hybridized carbons (Fsp3) is 0.438. The lowest BCUT2D eigenvalue weighted by molar-refractivity contribution is -0.142. The lowest BCUT2D eigenvalue weighted by atomic mass is 10.0. The molecule has 0 unspecified atom stereocenters. The van der Waals surface area contributed by atoms with Crippen molar-refractivity contribution < 1.29 is 19.5 Å². The van der Waals surface area contributed by atoms with E-state index in [4.69, 9.17) is 5.11 Å². The van der Waals surface area contributed by atoms with E-state index in [9.17, 15) is 14.4 Å². The number of benzene rings is 1. The zero-order chi connectivity index (χ0) is 16.7. The fourth-order valence-corrected chi connectivity index (χ4v) is 2.10. The van der Waals surface area contributed by atoms with Crippen molar-refractivity contribution in [2.24, 2.45) is 5.92 Å². The Balaban J connectivity index is 2.75. The summed E-state index contributed by atoms with van der Waals surface area (Å²) in [4.78, 5) is 34.4. The first-order chi connectivity index (χ1) is 10.3. The van der Waals surface area contributed by atoms with Gasteiger partial charge in [0.05, 0.1) is 6.42 Å². The van der Waals surface area contributed by atoms with Crippen LogP contribution in [-0.4, -0.2) is 28.9 Å². The highest BCUT2D eigenvalue weighted by Crippen LogP contribution is 2.16. The maximum Gasteiger partial charge on any atom is 0.326 e. The Hall–Kier alpha value is -2.37. The average molecular weight is 306 g/mol. The number of hydrogen-bond acceptors (Lipinski definition) is 3. The average Bonchev–Trinajstić information content (AvgIpc) is 2.39. The first kappa shape index (κ1) is 17.7. The third kappa shape index (κ3) is 5.95. The van der Waals surface area contributed by atoms with Crippen LogP contribution in [0.15, 0.2) is 24.3 Å². The van der Waals surface area contributed by atoms with E-state index < -0.39 is 12.0 Å². The van der Waals surface area contributed by atoms with Gasteiger partial charge < -0.3 is 15.7 Å². The molecule has 6 nitrogen and oxygen atoms in total. The van der Waals surface area contributed by atoms with Crippen LogP contribution in [0.4, 0.5) is 5.69 Å². The van der Waals surface area contributed by atoms with Gasteiger partial charge >= 0.3 is 5.97 Å². The maximum absolute atomic E-state index is 12.1. The van der Waals surface area contributed by atoms with E-state index in [-0.39, 0.29) is 24.2 Å². The van der Waals surface area contributed by atoms with Crippen LogP contribution >= 0.6 is 0 Å². The van der Waals surface area contributed by atoms with Gasteiger partial charge in [0.15, 0.2) is 0 Å². The quantitative estimate of drug-likeness (QED) is 0.716. The van der Waals surface area contributed by atoms with Crippen LogP contribution in [0.25, 0.3) is 0 Å². The van der Waals surface area contributed by atoms with Crippen molar-refractivity contribution in [2.45, 2.75) is 39.7 Å². The molecule has 0 saturated heterocycles. The molecule has 0 bridgehead atoms.